The van der Waals surface area contributed by atoms with Crippen LogP contribution in [-0.4, -0.2) is 58.6 Å². The van der Waals surface area contributed by atoms with Gasteiger partial charge in [-0.3, -0.25) is 9.69 Å². The summed E-state index contributed by atoms with van der Waals surface area (Å²) in [7, 11) is 0. The molecule has 0 bridgehead atoms. The molecule has 3 amide bonds. The summed E-state index contributed by atoms with van der Waals surface area (Å²) < 4.78 is 0. The Labute approximate surface area is 177 Å². The fourth-order valence-electron chi connectivity index (χ4n) is 5.00. The standard InChI is InChI=1S/C22H30ClN3O3/c23-18-7-5-17(6-8-18)22(29)11-15-25(16-12-22)13-3-4-14-26-19(27)21(24-20(26)28)9-1-2-10-21/h5-8,29H,1-4,9-16H2,(H,24,28). The van der Waals surface area contributed by atoms with Crippen LogP contribution in [0.2, 0.25) is 5.02 Å². The van der Waals surface area contributed by atoms with Gasteiger partial charge in [0.25, 0.3) is 5.91 Å². The SMILES string of the molecule is O=C1NC2(CCCC2)C(=O)N1CCCCN1CCC(O)(c2ccc(Cl)cc2)CC1. The molecule has 158 valence electrons. The highest BCUT2D eigenvalue weighted by molar-refractivity contribution is 6.30. The lowest BCUT2D eigenvalue weighted by Crippen LogP contribution is -2.44. The van der Waals surface area contributed by atoms with Crippen molar-refractivity contribution < 1.29 is 14.7 Å². The molecule has 1 aliphatic carbocycles. The Bertz CT molecular complexity index is 753. The van der Waals surface area contributed by atoms with Crippen molar-refractivity contribution in [2.24, 2.45) is 0 Å². The molecule has 0 atom stereocenters. The van der Waals surface area contributed by atoms with Crippen molar-refractivity contribution in [1.29, 1.82) is 0 Å². The van der Waals surface area contributed by atoms with Crippen molar-refractivity contribution in [1.82, 2.24) is 15.1 Å². The molecule has 2 N–H and O–H groups in total. The van der Waals surface area contributed by atoms with E-state index in [4.69, 9.17) is 11.6 Å². The summed E-state index contributed by atoms with van der Waals surface area (Å²) in [4.78, 5) is 28.6. The molecule has 6 nitrogen and oxygen atoms in total. The predicted octanol–water partition coefficient (Wildman–Crippen LogP) is 3.27. The van der Waals surface area contributed by atoms with Crippen molar-refractivity contribution >= 4 is 23.5 Å². The average molecular weight is 420 g/mol. The van der Waals surface area contributed by atoms with Crippen LogP contribution in [0, 0.1) is 0 Å². The first-order valence-electron chi connectivity index (χ1n) is 10.8. The summed E-state index contributed by atoms with van der Waals surface area (Å²) in [6.45, 7) is 3.09. The lowest BCUT2D eigenvalue weighted by atomic mass is 9.84. The second-order valence-electron chi connectivity index (χ2n) is 8.76. The van der Waals surface area contributed by atoms with E-state index in [0.717, 1.165) is 63.7 Å². The third-order valence-electron chi connectivity index (χ3n) is 6.87. The minimum atomic E-state index is -0.781. The minimum absolute atomic E-state index is 0.0222. The summed E-state index contributed by atoms with van der Waals surface area (Å²) >= 11 is 5.95. The smallest absolute Gasteiger partial charge is 0.325 e. The normalized spacial score (nSPS) is 23.7. The van der Waals surface area contributed by atoms with E-state index in [-0.39, 0.29) is 11.9 Å². The number of carbonyl (C=O) groups is 2. The number of halogens is 1. The number of benzene rings is 1. The lowest BCUT2D eigenvalue weighted by Gasteiger charge is -2.38. The van der Waals surface area contributed by atoms with Crippen LogP contribution >= 0.6 is 11.6 Å². The van der Waals surface area contributed by atoms with Gasteiger partial charge in [-0.2, -0.15) is 0 Å². The number of imide groups is 1. The Morgan fingerprint density at radius 2 is 1.59 bits per heavy atom. The molecule has 3 aliphatic rings. The van der Waals surface area contributed by atoms with Crippen LogP contribution in [0.3, 0.4) is 0 Å². The number of amides is 3. The van der Waals surface area contributed by atoms with Gasteiger partial charge in [0.15, 0.2) is 0 Å². The maximum absolute atomic E-state index is 12.7. The van der Waals surface area contributed by atoms with Crippen LogP contribution in [-0.2, 0) is 10.4 Å². The number of hydrogen-bond donors (Lipinski definition) is 2. The molecule has 29 heavy (non-hydrogen) atoms. The van der Waals surface area contributed by atoms with Gasteiger partial charge >= 0.3 is 6.03 Å². The fraction of sp³-hybridized carbons (Fsp3) is 0.636. The van der Waals surface area contributed by atoms with E-state index < -0.39 is 11.1 Å². The highest BCUT2D eigenvalue weighted by Crippen LogP contribution is 2.35. The van der Waals surface area contributed by atoms with E-state index in [1.807, 2.05) is 24.3 Å². The number of piperidine rings is 1. The highest BCUT2D eigenvalue weighted by Gasteiger charge is 2.52. The molecule has 1 aromatic rings. The molecule has 0 aromatic heterocycles. The summed E-state index contributed by atoms with van der Waals surface area (Å²) in [5.41, 5.74) is -0.451. The number of carbonyl (C=O) groups excluding carboxylic acids is 2. The first-order valence-corrected chi connectivity index (χ1v) is 11.1. The summed E-state index contributed by atoms with van der Waals surface area (Å²) in [5, 5.41) is 14.6. The molecule has 1 aromatic carbocycles. The molecular formula is C22H30ClN3O3. The number of urea groups is 1. The topological polar surface area (TPSA) is 72.9 Å². The van der Waals surface area contributed by atoms with Gasteiger partial charge in [0.05, 0.1) is 5.60 Å². The third-order valence-corrected chi connectivity index (χ3v) is 7.13. The molecule has 2 aliphatic heterocycles. The minimum Gasteiger partial charge on any atom is -0.385 e. The highest BCUT2D eigenvalue weighted by atomic mass is 35.5. The number of aliphatic hydroxyl groups is 1. The van der Waals surface area contributed by atoms with Crippen LogP contribution in [0.4, 0.5) is 4.79 Å². The second kappa shape index (κ2) is 8.25. The molecule has 4 rings (SSSR count). The number of unbranched alkanes of at least 4 members (excludes halogenated alkanes) is 1. The molecule has 3 fully saturated rings. The average Bonchev–Trinajstić information content (AvgIpc) is 3.27. The largest absolute Gasteiger partial charge is 0.385 e. The van der Waals surface area contributed by atoms with Crippen molar-refractivity contribution in [2.75, 3.05) is 26.2 Å². The fourth-order valence-corrected chi connectivity index (χ4v) is 5.12. The van der Waals surface area contributed by atoms with Crippen molar-refractivity contribution in [3.05, 3.63) is 34.9 Å². The zero-order chi connectivity index (χ0) is 20.5. The van der Waals surface area contributed by atoms with Crippen molar-refractivity contribution in [3.8, 4) is 0 Å². The maximum atomic E-state index is 12.7. The van der Waals surface area contributed by atoms with Gasteiger partial charge in [-0.05, 0) is 62.8 Å². The number of likely N-dealkylation sites (tertiary alicyclic amines) is 1. The van der Waals surface area contributed by atoms with Crippen molar-refractivity contribution in [3.63, 3.8) is 0 Å². The van der Waals surface area contributed by atoms with Gasteiger partial charge in [-0.15, -0.1) is 0 Å². The van der Waals surface area contributed by atoms with E-state index >= 15 is 0 Å². The van der Waals surface area contributed by atoms with Crippen LogP contribution in [0.1, 0.15) is 56.9 Å². The number of rotatable bonds is 6. The Morgan fingerprint density at radius 3 is 2.24 bits per heavy atom. The predicted molar refractivity (Wildman–Crippen MR) is 112 cm³/mol. The van der Waals surface area contributed by atoms with E-state index in [9.17, 15) is 14.7 Å². The molecule has 0 unspecified atom stereocenters. The van der Waals surface area contributed by atoms with Crippen LogP contribution < -0.4 is 5.32 Å². The number of nitrogens with zero attached hydrogens (tertiary/aromatic N) is 2. The van der Waals surface area contributed by atoms with Crippen molar-refractivity contribution in [2.45, 2.75) is 62.5 Å². The molecule has 2 heterocycles. The summed E-state index contributed by atoms with van der Waals surface area (Å²) in [6, 6.07) is 7.25. The Kier molecular flexibility index (Phi) is 5.87. The van der Waals surface area contributed by atoms with Gasteiger partial charge in [-0.1, -0.05) is 36.6 Å². The number of nitrogens with one attached hydrogen (secondary N) is 1. The first-order chi connectivity index (χ1) is 13.9. The lowest BCUT2D eigenvalue weighted by molar-refractivity contribution is -0.131. The monoisotopic (exact) mass is 419 g/mol. The third kappa shape index (κ3) is 4.16. The zero-order valence-corrected chi connectivity index (χ0v) is 17.6. The van der Waals surface area contributed by atoms with E-state index in [1.54, 1.807) is 0 Å². The van der Waals surface area contributed by atoms with E-state index in [2.05, 4.69) is 10.2 Å². The second-order valence-corrected chi connectivity index (χ2v) is 9.20. The Morgan fingerprint density at radius 1 is 0.966 bits per heavy atom. The quantitative estimate of drug-likeness (QED) is 0.548. The summed E-state index contributed by atoms with van der Waals surface area (Å²) in [6.07, 6.45) is 6.72. The van der Waals surface area contributed by atoms with E-state index in [1.165, 1.54) is 4.90 Å². The molecule has 1 spiro atoms. The van der Waals surface area contributed by atoms with Gasteiger partial charge < -0.3 is 15.3 Å². The number of hydrogen-bond acceptors (Lipinski definition) is 4. The van der Waals surface area contributed by atoms with Gasteiger partial charge in [-0.25, -0.2) is 4.79 Å². The van der Waals surface area contributed by atoms with Crippen LogP contribution in [0.5, 0.6) is 0 Å². The first kappa shape index (κ1) is 20.6. The molecular weight excluding hydrogens is 390 g/mol. The van der Waals surface area contributed by atoms with Crippen LogP contribution in [0.25, 0.3) is 0 Å². The van der Waals surface area contributed by atoms with Gasteiger partial charge in [0, 0.05) is 24.7 Å². The van der Waals surface area contributed by atoms with Gasteiger partial charge in [0.2, 0.25) is 0 Å². The molecule has 0 radical (unpaired) electrons. The van der Waals surface area contributed by atoms with E-state index in [0.29, 0.717) is 24.4 Å². The van der Waals surface area contributed by atoms with Gasteiger partial charge in [0.1, 0.15) is 5.54 Å². The van der Waals surface area contributed by atoms with Crippen LogP contribution in [0.15, 0.2) is 24.3 Å². The molecule has 1 saturated carbocycles. The summed E-state index contributed by atoms with van der Waals surface area (Å²) in [5.74, 6) is -0.0222. The maximum Gasteiger partial charge on any atom is 0.325 e. The molecule has 7 heteroatoms. The Balaban J connectivity index is 1.20. The molecule has 2 saturated heterocycles. The Hall–Kier alpha value is -1.63. The zero-order valence-electron chi connectivity index (χ0n) is 16.8.